The Morgan fingerprint density at radius 3 is 2.25 bits per heavy atom. The topological polar surface area (TPSA) is 83.1 Å². The molecule has 3 rings (SSSR count). The quantitative estimate of drug-likeness (QED) is 0.573. The van der Waals surface area contributed by atoms with Crippen LogP contribution in [0.25, 0.3) is 0 Å². The summed E-state index contributed by atoms with van der Waals surface area (Å²) in [6.45, 7) is 1.70. The first-order valence-electron chi connectivity index (χ1n) is 6.91. The minimum Gasteiger partial charge on any atom is -0.462 e. The van der Waals surface area contributed by atoms with E-state index in [2.05, 4.69) is 12.1 Å². The molecule has 0 aromatic rings. The molecule has 3 aliphatic rings. The smallest absolute Gasteiger partial charge is 0.302 e. The van der Waals surface area contributed by atoms with E-state index in [1.54, 1.807) is 0 Å². The lowest BCUT2D eigenvalue weighted by Crippen LogP contribution is -2.28. The van der Waals surface area contributed by atoms with Crippen molar-refractivity contribution in [1.29, 1.82) is 10.5 Å². The van der Waals surface area contributed by atoms with Crippen molar-refractivity contribution in [2.75, 3.05) is 6.61 Å². The molecule has 0 radical (unpaired) electrons. The van der Waals surface area contributed by atoms with Crippen LogP contribution in [0.2, 0.25) is 0 Å². The molecule has 1 aliphatic carbocycles. The fraction of sp³-hybridized carbons (Fsp3) is 0.667. The summed E-state index contributed by atoms with van der Waals surface area (Å²) in [5.41, 5.74) is 1.29. The van der Waals surface area contributed by atoms with Gasteiger partial charge in [-0.1, -0.05) is 5.57 Å². The Bertz CT molecular complexity index is 506. The summed E-state index contributed by atoms with van der Waals surface area (Å²) in [4.78, 5) is 10.8. The SMILES string of the molecule is CC(=O)OCC=C1C2C3OC(C(CC#N)C3CC#N)C12. The predicted octanol–water partition coefficient (Wildman–Crippen LogP) is 1.56. The zero-order valence-electron chi connectivity index (χ0n) is 11.3. The molecule has 0 spiro atoms. The lowest BCUT2D eigenvalue weighted by Gasteiger charge is -2.22. The third-order valence-corrected chi connectivity index (χ3v) is 4.72. The van der Waals surface area contributed by atoms with Crippen LogP contribution in [0.3, 0.4) is 0 Å². The standard InChI is InChI=1S/C15H16N2O3/c1-8(18)19-7-4-11-12-13(11)15-10(3-6-17)9(2-5-16)14(12)20-15/h4,9-10,12-15H,2-3,7H2,1H3. The van der Waals surface area contributed by atoms with Crippen molar-refractivity contribution in [1.82, 2.24) is 0 Å². The summed E-state index contributed by atoms with van der Waals surface area (Å²) in [7, 11) is 0. The Morgan fingerprint density at radius 1 is 1.25 bits per heavy atom. The third kappa shape index (κ3) is 1.90. The van der Waals surface area contributed by atoms with Crippen molar-refractivity contribution in [2.45, 2.75) is 32.0 Å². The van der Waals surface area contributed by atoms with Crippen LogP contribution in [0.5, 0.6) is 0 Å². The Morgan fingerprint density at radius 2 is 1.80 bits per heavy atom. The lowest BCUT2D eigenvalue weighted by molar-refractivity contribution is -0.139. The largest absolute Gasteiger partial charge is 0.462 e. The van der Waals surface area contributed by atoms with E-state index in [1.165, 1.54) is 12.5 Å². The average Bonchev–Trinajstić information content (AvgIpc) is 2.84. The Balaban J connectivity index is 1.71. The van der Waals surface area contributed by atoms with Crippen LogP contribution in [0.15, 0.2) is 11.6 Å². The summed E-state index contributed by atoms with van der Waals surface area (Å²) in [6, 6.07) is 4.43. The summed E-state index contributed by atoms with van der Waals surface area (Å²) >= 11 is 0. The Labute approximate surface area is 117 Å². The van der Waals surface area contributed by atoms with Gasteiger partial charge < -0.3 is 9.47 Å². The maximum absolute atomic E-state index is 10.8. The molecule has 5 nitrogen and oxygen atoms in total. The van der Waals surface area contributed by atoms with Crippen LogP contribution in [0, 0.1) is 46.3 Å². The zero-order valence-corrected chi connectivity index (χ0v) is 11.3. The highest BCUT2D eigenvalue weighted by molar-refractivity contribution is 5.66. The van der Waals surface area contributed by atoms with Gasteiger partial charge in [-0.3, -0.25) is 4.79 Å². The van der Waals surface area contributed by atoms with Crippen molar-refractivity contribution in [3.8, 4) is 12.1 Å². The maximum atomic E-state index is 10.8. The van der Waals surface area contributed by atoms with Gasteiger partial charge in [0.25, 0.3) is 0 Å². The van der Waals surface area contributed by atoms with Crippen molar-refractivity contribution >= 4 is 5.97 Å². The predicted molar refractivity (Wildman–Crippen MR) is 67.8 cm³/mol. The number of nitriles is 2. The summed E-state index contributed by atoms with van der Waals surface area (Å²) in [6.07, 6.45) is 3.03. The van der Waals surface area contributed by atoms with E-state index >= 15 is 0 Å². The second-order valence-electron chi connectivity index (χ2n) is 5.68. The molecule has 6 atom stereocenters. The van der Waals surface area contributed by atoms with E-state index in [0.717, 1.165) is 0 Å². The molecular formula is C15H16N2O3. The van der Waals surface area contributed by atoms with Gasteiger partial charge in [0.2, 0.25) is 0 Å². The maximum Gasteiger partial charge on any atom is 0.302 e. The van der Waals surface area contributed by atoms with E-state index in [4.69, 9.17) is 20.0 Å². The van der Waals surface area contributed by atoms with E-state index in [1.807, 2.05) is 6.08 Å². The van der Waals surface area contributed by atoms with Gasteiger partial charge in [0.1, 0.15) is 6.61 Å². The number of nitrogens with zero attached hydrogens (tertiary/aromatic N) is 2. The van der Waals surface area contributed by atoms with Gasteiger partial charge in [-0.25, -0.2) is 0 Å². The molecule has 5 heteroatoms. The minimum absolute atomic E-state index is 0.0755. The first kappa shape index (κ1) is 13.1. The van der Waals surface area contributed by atoms with Gasteiger partial charge in [0, 0.05) is 43.4 Å². The molecule has 6 unspecified atom stereocenters. The molecule has 0 N–H and O–H groups in total. The molecule has 20 heavy (non-hydrogen) atoms. The zero-order chi connectivity index (χ0) is 14.3. The van der Waals surface area contributed by atoms with Crippen molar-refractivity contribution in [2.24, 2.45) is 23.7 Å². The van der Waals surface area contributed by atoms with Crippen LogP contribution in [-0.2, 0) is 14.3 Å². The number of carbonyl (C=O) groups is 1. The summed E-state index contributed by atoms with van der Waals surface area (Å²) in [5, 5.41) is 17.9. The molecule has 0 aromatic heterocycles. The first-order valence-corrected chi connectivity index (χ1v) is 6.91. The molecule has 104 valence electrons. The molecule has 0 aromatic carbocycles. The molecule has 2 heterocycles. The van der Waals surface area contributed by atoms with Gasteiger partial charge in [0.15, 0.2) is 0 Å². The van der Waals surface area contributed by atoms with Crippen LogP contribution in [-0.4, -0.2) is 24.8 Å². The van der Waals surface area contributed by atoms with E-state index in [-0.39, 0.29) is 30.0 Å². The molecule has 2 bridgehead atoms. The number of hydrogen-bond donors (Lipinski definition) is 0. The third-order valence-electron chi connectivity index (χ3n) is 4.72. The van der Waals surface area contributed by atoms with Crippen molar-refractivity contribution < 1.29 is 14.3 Å². The van der Waals surface area contributed by atoms with Crippen LogP contribution in [0.4, 0.5) is 0 Å². The monoisotopic (exact) mass is 272 g/mol. The second-order valence-corrected chi connectivity index (χ2v) is 5.68. The molecular weight excluding hydrogens is 256 g/mol. The fourth-order valence-electron chi connectivity index (χ4n) is 3.96. The number of ether oxygens (including phenoxy) is 2. The number of hydrogen-bond acceptors (Lipinski definition) is 5. The number of esters is 1. The first-order chi connectivity index (χ1) is 9.69. The molecule has 2 saturated heterocycles. The number of rotatable bonds is 4. The molecule has 0 amide bonds. The van der Waals surface area contributed by atoms with Crippen molar-refractivity contribution in [3.05, 3.63) is 11.6 Å². The number of fused-ring (bicyclic) bond motifs is 5. The van der Waals surface area contributed by atoms with Gasteiger partial charge in [-0.15, -0.1) is 0 Å². The van der Waals surface area contributed by atoms with Gasteiger partial charge >= 0.3 is 5.97 Å². The van der Waals surface area contributed by atoms with Crippen molar-refractivity contribution in [3.63, 3.8) is 0 Å². The minimum atomic E-state index is -0.281. The van der Waals surface area contributed by atoms with Crippen LogP contribution in [0.1, 0.15) is 19.8 Å². The summed E-state index contributed by atoms with van der Waals surface area (Å²) < 4.78 is 10.9. The van der Waals surface area contributed by atoms with Gasteiger partial charge in [-0.2, -0.15) is 10.5 Å². The molecule has 1 saturated carbocycles. The van der Waals surface area contributed by atoms with E-state index in [9.17, 15) is 4.79 Å². The Kier molecular flexibility index (Phi) is 3.23. The van der Waals surface area contributed by atoms with Crippen LogP contribution >= 0.6 is 0 Å². The normalized spacial score (nSPS) is 39.6. The highest BCUT2D eigenvalue weighted by Crippen LogP contribution is 2.67. The van der Waals surface area contributed by atoms with Crippen LogP contribution < -0.4 is 0 Å². The fourth-order valence-corrected chi connectivity index (χ4v) is 3.96. The van der Waals surface area contributed by atoms with E-state index < -0.39 is 0 Å². The molecule has 2 aliphatic heterocycles. The van der Waals surface area contributed by atoms with Gasteiger partial charge in [-0.05, 0) is 6.08 Å². The molecule has 3 fully saturated rings. The summed E-state index contributed by atoms with van der Waals surface area (Å²) in [5.74, 6) is 0.820. The average molecular weight is 272 g/mol. The van der Waals surface area contributed by atoms with E-state index in [0.29, 0.717) is 31.3 Å². The number of carbonyl (C=O) groups excluding carboxylic acids is 1. The highest BCUT2D eigenvalue weighted by atomic mass is 16.5. The highest BCUT2D eigenvalue weighted by Gasteiger charge is 2.69. The Hall–Kier alpha value is -1.85. The lowest BCUT2D eigenvalue weighted by atomic mass is 9.76. The van der Waals surface area contributed by atoms with Gasteiger partial charge in [0.05, 0.1) is 24.3 Å². The second kappa shape index (κ2) is 4.92.